The van der Waals surface area contributed by atoms with Crippen LogP contribution in [0.3, 0.4) is 0 Å². The van der Waals surface area contributed by atoms with E-state index in [1.807, 2.05) is 30.3 Å². The molecule has 0 aromatic heterocycles. The van der Waals surface area contributed by atoms with E-state index in [1.165, 1.54) is 16.4 Å². The van der Waals surface area contributed by atoms with Gasteiger partial charge in [0.1, 0.15) is 5.82 Å². The molecule has 0 spiro atoms. The standard InChI is InChI=1S/C22H21ClFN3O3S/c23-18-6-8-21(20(24)14-18)25-22(28)15-26-9-11-27(12-10-26)31(29,30)19-7-5-16-3-1-2-4-17(16)13-19/h1-8,13-14H,9-12,15H2,(H,25,28)/p+1. The molecule has 0 atom stereocenters. The normalized spacial score (nSPS) is 15.8. The highest BCUT2D eigenvalue weighted by atomic mass is 35.5. The van der Waals surface area contributed by atoms with Crippen LogP contribution in [0.5, 0.6) is 0 Å². The SMILES string of the molecule is O=C(C[NH+]1CCN(S(=O)(=O)c2ccc3ccccc3c2)CC1)Nc1ccc(Cl)cc1F. The molecule has 1 aliphatic heterocycles. The van der Waals surface area contributed by atoms with Crippen LogP contribution in [0.15, 0.2) is 65.6 Å². The van der Waals surface area contributed by atoms with Crippen LogP contribution in [-0.2, 0) is 14.8 Å². The van der Waals surface area contributed by atoms with E-state index >= 15 is 0 Å². The third kappa shape index (κ3) is 4.88. The van der Waals surface area contributed by atoms with Gasteiger partial charge in [0.2, 0.25) is 10.0 Å². The Bertz CT molecular complexity index is 1230. The second kappa shape index (κ2) is 8.92. The predicted octanol–water partition coefficient (Wildman–Crippen LogP) is 2.16. The van der Waals surface area contributed by atoms with Gasteiger partial charge in [-0.1, -0.05) is 41.9 Å². The Labute approximate surface area is 185 Å². The lowest BCUT2D eigenvalue weighted by atomic mass is 10.1. The molecule has 31 heavy (non-hydrogen) atoms. The number of carbonyl (C=O) groups is 1. The summed E-state index contributed by atoms with van der Waals surface area (Å²) in [5.41, 5.74) is 0.0753. The number of anilines is 1. The number of carbonyl (C=O) groups excluding carboxylic acids is 1. The van der Waals surface area contributed by atoms with Crippen LogP contribution in [0.25, 0.3) is 10.8 Å². The Morgan fingerprint density at radius 1 is 1.03 bits per heavy atom. The highest BCUT2D eigenvalue weighted by Crippen LogP contribution is 2.22. The number of hydrogen-bond acceptors (Lipinski definition) is 3. The van der Waals surface area contributed by atoms with Crippen molar-refractivity contribution in [1.82, 2.24) is 4.31 Å². The first-order valence-electron chi connectivity index (χ1n) is 9.90. The van der Waals surface area contributed by atoms with Crippen LogP contribution < -0.4 is 10.2 Å². The summed E-state index contributed by atoms with van der Waals surface area (Å²) in [6.07, 6.45) is 0. The van der Waals surface area contributed by atoms with Crippen molar-refractivity contribution in [2.24, 2.45) is 0 Å². The molecule has 6 nitrogen and oxygen atoms in total. The van der Waals surface area contributed by atoms with Gasteiger partial charge < -0.3 is 10.2 Å². The van der Waals surface area contributed by atoms with Gasteiger partial charge in [0, 0.05) is 5.02 Å². The predicted molar refractivity (Wildman–Crippen MR) is 118 cm³/mol. The number of sulfonamides is 1. The summed E-state index contributed by atoms with van der Waals surface area (Å²) < 4.78 is 41.4. The van der Waals surface area contributed by atoms with Gasteiger partial charge in [0.05, 0.1) is 36.8 Å². The molecule has 1 fully saturated rings. The summed E-state index contributed by atoms with van der Waals surface area (Å²) in [6.45, 7) is 1.73. The van der Waals surface area contributed by atoms with Crippen molar-refractivity contribution in [3.63, 3.8) is 0 Å². The Kier molecular flexibility index (Phi) is 6.24. The number of nitrogens with one attached hydrogen (secondary N) is 2. The molecule has 2 N–H and O–H groups in total. The van der Waals surface area contributed by atoms with E-state index in [9.17, 15) is 17.6 Å². The smallest absolute Gasteiger partial charge is 0.279 e. The number of nitrogens with zero attached hydrogens (tertiary/aromatic N) is 1. The van der Waals surface area contributed by atoms with Crippen molar-refractivity contribution in [2.45, 2.75) is 4.90 Å². The van der Waals surface area contributed by atoms with E-state index in [2.05, 4.69) is 5.32 Å². The fourth-order valence-electron chi connectivity index (χ4n) is 3.71. The van der Waals surface area contributed by atoms with Crippen LogP contribution in [0.4, 0.5) is 10.1 Å². The maximum atomic E-state index is 13.9. The Hall–Kier alpha value is -2.52. The topological polar surface area (TPSA) is 70.9 Å². The maximum absolute atomic E-state index is 13.9. The van der Waals surface area contributed by atoms with E-state index in [0.717, 1.165) is 21.7 Å². The number of amides is 1. The van der Waals surface area contributed by atoms with Gasteiger partial charge in [-0.2, -0.15) is 4.31 Å². The van der Waals surface area contributed by atoms with E-state index in [1.54, 1.807) is 12.1 Å². The zero-order valence-corrected chi connectivity index (χ0v) is 18.2. The quantitative estimate of drug-likeness (QED) is 0.610. The lowest BCUT2D eigenvalue weighted by molar-refractivity contribution is -0.895. The van der Waals surface area contributed by atoms with Crippen molar-refractivity contribution < 1.29 is 22.5 Å². The summed E-state index contributed by atoms with van der Waals surface area (Å²) in [6, 6.07) is 16.8. The van der Waals surface area contributed by atoms with Gasteiger partial charge >= 0.3 is 0 Å². The van der Waals surface area contributed by atoms with Gasteiger partial charge in [0.25, 0.3) is 5.91 Å². The van der Waals surface area contributed by atoms with Gasteiger partial charge in [0.15, 0.2) is 6.54 Å². The minimum atomic E-state index is -3.61. The molecular formula is C22H22ClFN3O3S+. The average molecular weight is 463 g/mol. The number of benzene rings is 3. The molecule has 0 bridgehead atoms. The largest absolute Gasteiger partial charge is 0.325 e. The molecule has 4 rings (SSSR count). The molecular weight excluding hydrogens is 441 g/mol. The van der Waals surface area contributed by atoms with Crippen LogP contribution in [-0.4, -0.2) is 51.4 Å². The number of halogens is 2. The minimum absolute atomic E-state index is 0.0753. The zero-order valence-electron chi connectivity index (χ0n) is 16.6. The molecule has 9 heteroatoms. The molecule has 0 saturated carbocycles. The number of quaternary nitrogens is 1. The number of rotatable bonds is 5. The summed E-state index contributed by atoms with van der Waals surface area (Å²) >= 11 is 5.72. The average Bonchev–Trinajstić information content (AvgIpc) is 2.76. The molecule has 3 aromatic rings. The molecule has 0 unspecified atom stereocenters. The number of hydrogen-bond donors (Lipinski definition) is 2. The third-order valence-corrected chi connectivity index (χ3v) is 7.53. The molecule has 0 radical (unpaired) electrons. The maximum Gasteiger partial charge on any atom is 0.279 e. The monoisotopic (exact) mass is 462 g/mol. The molecule has 3 aromatic carbocycles. The zero-order chi connectivity index (χ0) is 22.0. The Morgan fingerprint density at radius 3 is 2.45 bits per heavy atom. The second-order valence-corrected chi connectivity index (χ2v) is 9.89. The van der Waals surface area contributed by atoms with Gasteiger partial charge in [-0.3, -0.25) is 4.79 Å². The van der Waals surface area contributed by atoms with E-state index in [4.69, 9.17) is 11.6 Å². The van der Waals surface area contributed by atoms with Crippen LogP contribution in [0.2, 0.25) is 5.02 Å². The first kappa shape index (κ1) is 21.7. The van der Waals surface area contributed by atoms with Crippen molar-refractivity contribution in [2.75, 3.05) is 38.0 Å². The van der Waals surface area contributed by atoms with Gasteiger partial charge in [-0.25, -0.2) is 12.8 Å². The fourth-order valence-corrected chi connectivity index (χ4v) is 5.34. The second-order valence-electron chi connectivity index (χ2n) is 7.51. The summed E-state index contributed by atoms with van der Waals surface area (Å²) in [4.78, 5) is 13.5. The third-order valence-electron chi connectivity index (χ3n) is 5.40. The molecule has 0 aliphatic carbocycles. The molecule has 1 aliphatic rings. The van der Waals surface area contributed by atoms with Crippen molar-refractivity contribution in [3.8, 4) is 0 Å². The van der Waals surface area contributed by atoms with Gasteiger partial charge in [-0.15, -0.1) is 0 Å². The highest BCUT2D eigenvalue weighted by Gasteiger charge is 2.31. The lowest BCUT2D eigenvalue weighted by Gasteiger charge is -2.31. The molecule has 1 amide bonds. The highest BCUT2D eigenvalue weighted by molar-refractivity contribution is 7.89. The van der Waals surface area contributed by atoms with E-state index < -0.39 is 15.8 Å². The number of fused-ring (bicyclic) bond motifs is 1. The first-order chi connectivity index (χ1) is 14.8. The van der Waals surface area contributed by atoms with Crippen LogP contribution in [0, 0.1) is 5.82 Å². The summed E-state index contributed by atoms with van der Waals surface area (Å²) in [7, 11) is -3.61. The van der Waals surface area contributed by atoms with E-state index in [-0.39, 0.29) is 28.1 Å². The van der Waals surface area contributed by atoms with Crippen molar-refractivity contribution in [3.05, 3.63) is 71.5 Å². The van der Waals surface area contributed by atoms with Crippen molar-refractivity contribution >= 4 is 44.0 Å². The van der Waals surface area contributed by atoms with Crippen LogP contribution >= 0.6 is 11.6 Å². The Balaban J connectivity index is 1.36. The first-order valence-corrected chi connectivity index (χ1v) is 11.7. The minimum Gasteiger partial charge on any atom is -0.325 e. The summed E-state index contributed by atoms with van der Waals surface area (Å²) in [5.74, 6) is -0.927. The fraction of sp³-hybridized carbons (Fsp3) is 0.227. The molecule has 162 valence electrons. The van der Waals surface area contributed by atoms with E-state index in [0.29, 0.717) is 26.2 Å². The Morgan fingerprint density at radius 2 is 1.74 bits per heavy atom. The molecule has 1 heterocycles. The van der Waals surface area contributed by atoms with Crippen molar-refractivity contribution in [1.29, 1.82) is 0 Å². The van der Waals surface area contributed by atoms with Gasteiger partial charge in [-0.05, 0) is 41.1 Å². The number of piperazine rings is 1. The molecule has 1 saturated heterocycles. The lowest BCUT2D eigenvalue weighted by Crippen LogP contribution is -3.15. The van der Waals surface area contributed by atoms with Crippen LogP contribution in [0.1, 0.15) is 0 Å². The summed E-state index contributed by atoms with van der Waals surface area (Å²) in [5, 5.41) is 4.66.